The highest BCUT2D eigenvalue weighted by atomic mass is 19.1. The van der Waals surface area contributed by atoms with Crippen molar-refractivity contribution in [2.24, 2.45) is 0 Å². The van der Waals surface area contributed by atoms with Crippen LogP contribution in [0.25, 0.3) is 0 Å². The van der Waals surface area contributed by atoms with E-state index in [1.807, 2.05) is 6.92 Å². The summed E-state index contributed by atoms with van der Waals surface area (Å²) in [6.07, 6.45) is 3.21. The second kappa shape index (κ2) is 6.52. The molecule has 0 aliphatic heterocycles. The molecule has 0 N–H and O–H groups in total. The molecule has 0 aromatic rings. The van der Waals surface area contributed by atoms with Gasteiger partial charge in [-0.2, -0.15) is 0 Å². The predicted octanol–water partition coefficient (Wildman–Crippen LogP) is 2.04. The van der Waals surface area contributed by atoms with Gasteiger partial charge in [-0.05, 0) is 6.42 Å². The molecule has 0 heterocycles. The molecule has 0 aliphatic rings. The average molecular weight is 148 g/mol. The van der Waals surface area contributed by atoms with Crippen LogP contribution >= 0.6 is 0 Å². The first-order valence-electron chi connectivity index (χ1n) is 3.52. The van der Waals surface area contributed by atoms with Crippen LogP contribution in [-0.4, -0.2) is 12.8 Å². The molecule has 0 aliphatic carbocycles. The van der Waals surface area contributed by atoms with Gasteiger partial charge in [-0.3, -0.25) is 4.79 Å². The smallest absolute Gasteiger partial charge is 0.308 e. The molecule has 3 heteroatoms. The lowest BCUT2D eigenvalue weighted by Crippen LogP contribution is -2.02. The fourth-order valence-electron chi connectivity index (χ4n) is 0.652. The third kappa shape index (κ3) is 5.54. The zero-order valence-corrected chi connectivity index (χ0v) is 6.23. The lowest BCUT2D eigenvalue weighted by atomic mass is 10.2. The number of unbranched alkanes of at least 4 members (excludes halogenated alkanes) is 2. The summed E-state index contributed by atoms with van der Waals surface area (Å²) in [5.41, 5.74) is 0. The van der Waals surface area contributed by atoms with Crippen LogP contribution in [0.2, 0.25) is 0 Å². The minimum absolute atomic E-state index is 0.345. The number of carbonyl (C=O) groups is 1. The average Bonchev–Trinajstić information content (AvgIpc) is 1.89. The number of carbonyl (C=O) groups excluding carboxylic acids is 1. The van der Waals surface area contributed by atoms with Gasteiger partial charge in [-0.15, -0.1) is 0 Å². The van der Waals surface area contributed by atoms with Gasteiger partial charge in [0.1, 0.15) is 0 Å². The van der Waals surface area contributed by atoms with E-state index in [0.29, 0.717) is 6.42 Å². The van der Waals surface area contributed by atoms with E-state index in [0.717, 1.165) is 19.3 Å². The Bertz CT molecular complexity index is 93.6. The molecular formula is C7H13FO2. The SMILES string of the molecule is CCCCCC(=O)OCF. The molecule has 0 radical (unpaired) electrons. The predicted molar refractivity (Wildman–Crippen MR) is 36.2 cm³/mol. The molecule has 0 fully saturated rings. The van der Waals surface area contributed by atoms with Crippen molar-refractivity contribution in [2.45, 2.75) is 32.6 Å². The third-order valence-electron chi connectivity index (χ3n) is 1.20. The maximum Gasteiger partial charge on any atom is 0.308 e. The molecule has 0 spiro atoms. The number of hydrogen-bond acceptors (Lipinski definition) is 2. The summed E-state index contributed by atoms with van der Waals surface area (Å²) in [5.74, 6) is -0.434. The van der Waals surface area contributed by atoms with Crippen LogP contribution < -0.4 is 0 Å². The molecule has 0 saturated heterocycles. The van der Waals surface area contributed by atoms with Crippen molar-refractivity contribution in [1.82, 2.24) is 0 Å². The van der Waals surface area contributed by atoms with Gasteiger partial charge in [0.15, 0.2) is 0 Å². The number of rotatable bonds is 5. The fourth-order valence-corrected chi connectivity index (χ4v) is 0.652. The van der Waals surface area contributed by atoms with E-state index in [1.54, 1.807) is 0 Å². The summed E-state index contributed by atoms with van der Waals surface area (Å²) < 4.78 is 15.4. The van der Waals surface area contributed by atoms with Crippen molar-refractivity contribution < 1.29 is 13.9 Å². The first-order valence-corrected chi connectivity index (χ1v) is 3.52. The van der Waals surface area contributed by atoms with Crippen molar-refractivity contribution >= 4 is 5.97 Å². The number of hydrogen-bond donors (Lipinski definition) is 0. The molecule has 0 rings (SSSR count). The van der Waals surface area contributed by atoms with Gasteiger partial charge < -0.3 is 4.74 Å². The molecule has 0 atom stereocenters. The van der Waals surface area contributed by atoms with Crippen LogP contribution in [0.4, 0.5) is 4.39 Å². The van der Waals surface area contributed by atoms with Crippen molar-refractivity contribution in [3.8, 4) is 0 Å². The number of halogens is 1. The number of ether oxygens (including phenoxy) is 1. The Morgan fingerprint density at radius 1 is 1.50 bits per heavy atom. The highest BCUT2D eigenvalue weighted by molar-refractivity contribution is 5.69. The van der Waals surface area contributed by atoms with Crippen LogP contribution in [0, 0.1) is 0 Å². The molecule has 0 unspecified atom stereocenters. The van der Waals surface area contributed by atoms with Gasteiger partial charge >= 0.3 is 5.97 Å². The second-order valence-electron chi connectivity index (χ2n) is 2.08. The Morgan fingerprint density at radius 3 is 2.70 bits per heavy atom. The van der Waals surface area contributed by atoms with Gasteiger partial charge in [0.25, 0.3) is 0 Å². The Labute approximate surface area is 60.4 Å². The first-order chi connectivity index (χ1) is 4.81. The van der Waals surface area contributed by atoms with Crippen LogP contribution in [0.15, 0.2) is 0 Å². The van der Waals surface area contributed by atoms with E-state index < -0.39 is 12.8 Å². The standard InChI is InChI=1S/C7H13FO2/c1-2-3-4-5-7(9)10-6-8/h2-6H2,1H3. The quantitative estimate of drug-likeness (QED) is 0.440. The minimum Gasteiger partial charge on any atom is -0.434 e. The lowest BCUT2D eigenvalue weighted by molar-refractivity contribution is -0.147. The van der Waals surface area contributed by atoms with Crippen LogP contribution in [0.5, 0.6) is 0 Å². The topological polar surface area (TPSA) is 26.3 Å². The van der Waals surface area contributed by atoms with Gasteiger partial charge in [0.05, 0.1) is 0 Å². The van der Waals surface area contributed by atoms with E-state index >= 15 is 0 Å². The maximum atomic E-state index is 11.3. The van der Waals surface area contributed by atoms with Crippen molar-refractivity contribution in [1.29, 1.82) is 0 Å². The molecule has 0 amide bonds. The van der Waals surface area contributed by atoms with Gasteiger partial charge in [0.2, 0.25) is 6.86 Å². The lowest BCUT2D eigenvalue weighted by Gasteiger charge is -1.97. The van der Waals surface area contributed by atoms with Crippen LogP contribution in [0.1, 0.15) is 32.6 Å². The summed E-state index contributed by atoms with van der Waals surface area (Å²) in [7, 11) is 0. The van der Waals surface area contributed by atoms with Gasteiger partial charge in [-0.25, -0.2) is 4.39 Å². The number of esters is 1. The molecule has 2 nitrogen and oxygen atoms in total. The molecule has 60 valence electrons. The normalized spacial score (nSPS) is 9.40. The van der Waals surface area contributed by atoms with E-state index in [9.17, 15) is 9.18 Å². The molecule has 0 aromatic carbocycles. The van der Waals surface area contributed by atoms with Crippen molar-refractivity contribution in [2.75, 3.05) is 6.86 Å². The molecular weight excluding hydrogens is 135 g/mol. The molecule has 10 heavy (non-hydrogen) atoms. The highest BCUT2D eigenvalue weighted by Gasteiger charge is 1.99. The van der Waals surface area contributed by atoms with E-state index in [-0.39, 0.29) is 0 Å². The summed E-state index contributed by atoms with van der Waals surface area (Å²) in [5, 5.41) is 0. The first kappa shape index (κ1) is 9.40. The highest BCUT2D eigenvalue weighted by Crippen LogP contribution is 1.99. The largest absolute Gasteiger partial charge is 0.434 e. The van der Waals surface area contributed by atoms with Crippen LogP contribution in [-0.2, 0) is 9.53 Å². The Morgan fingerprint density at radius 2 is 2.20 bits per heavy atom. The molecule has 0 bridgehead atoms. The molecule has 0 saturated carbocycles. The van der Waals surface area contributed by atoms with Crippen molar-refractivity contribution in [3.63, 3.8) is 0 Å². The minimum atomic E-state index is -0.995. The fraction of sp³-hybridized carbons (Fsp3) is 0.857. The van der Waals surface area contributed by atoms with E-state index in [2.05, 4.69) is 4.74 Å². The Kier molecular flexibility index (Phi) is 6.13. The summed E-state index contributed by atoms with van der Waals surface area (Å²) in [6, 6.07) is 0. The summed E-state index contributed by atoms with van der Waals surface area (Å²) in [6.45, 7) is 1.05. The van der Waals surface area contributed by atoms with Crippen molar-refractivity contribution in [3.05, 3.63) is 0 Å². The second-order valence-corrected chi connectivity index (χ2v) is 2.08. The Balaban J connectivity index is 3.05. The third-order valence-corrected chi connectivity index (χ3v) is 1.20. The van der Waals surface area contributed by atoms with Gasteiger partial charge in [-0.1, -0.05) is 19.8 Å². The molecule has 0 aromatic heterocycles. The van der Waals surface area contributed by atoms with E-state index in [1.165, 1.54) is 0 Å². The van der Waals surface area contributed by atoms with E-state index in [4.69, 9.17) is 0 Å². The van der Waals surface area contributed by atoms with Gasteiger partial charge in [0, 0.05) is 6.42 Å². The monoisotopic (exact) mass is 148 g/mol. The Hall–Kier alpha value is -0.600. The zero-order chi connectivity index (χ0) is 7.82. The zero-order valence-electron chi connectivity index (χ0n) is 6.23. The summed E-state index contributed by atoms with van der Waals surface area (Å²) in [4.78, 5) is 10.5. The summed E-state index contributed by atoms with van der Waals surface area (Å²) >= 11 is 0. The number of alkyl halides is 1. The van der Waals surface area contributed by atoms with Crippen LogP contribution in [0.3, 0.4) is 0 Å². The maximum absolute atomic E-state index is 11.3.